The van der Waals surface area contributed by atoms with E-state index in [1.807, 2.05) is 55.5 Å². The number of aliphatic hydroxyl groups excluding tert-OH is 1. The van der Waals surface area contributed by atoms with Crippen LogP contribution >= 0.6 is 0 Å². The summed E-state index contributed by atoms with van der Waals surface area (Å²) in [7, 11) is 0. The summed E-state index contributed by atoms with van der Waals surface area (Å²) in [6.45, 7) is 4.28. The summed E-state index contributed by atoms with van der Waals surface area (Å²) in [5, 5.41) is 19.2. The molecule has 138 valence electrons. The van der Waals surface area contributed by atoms with Crippen LogP contribution in [0.2, 0.25) is 0 Å². The van der Waals surface area contributed by atoms with Gasteiger partial charge in [0.2, 0.25) is 0 Å². The quantitative estimate of drug-likeness (QED) is 0.799. The van der Waals surface area contributed by atoms with Crippen LogP contribution in [0.1, 0.15) is 29.5 Å². The largest absolute Gasteiger partial charge is 0.494 e. The van der Waals surface area contributed by atoms with E-state index >= 15 is 0 Å². The van der Waals surface area contributed by atoms with Gasteiger partial charge in [0.15, 0.2) is 0 Å². The number of ether oxygens (including phenoxy) is 1. The molecule has 0 aromatic heterocycles. The first kappa shape index (κ1) is 18.4. The Kier molecular flexibility index (Phi) is 5.91. The summed E-state index contributed by atoms with van der Waals surface area (Å²) in [5.74, 6) is -0.457. The van der Waals surface area contributed by atoms with Crippen LogP contribution in [0.25, 0.3) is 0 Å². The second-order valence-corrected chi connectivity index (χ2v) is 6.69. The molecule has 26 heavy (non-hydrogen) atoms. The predicted molar refractivity (Wildman–Crippen MR) is 99.1 cm³/mol. The molecule has 0 aliphatic carbocycles. The molecule has 0 radical (unpaired) electrons. The summed E-state index contributed by atoms with van der Waals surface area (Å²) in [6, 6.07) is 15.7. The Bertz CT molecular complexity index is 747. The highest BCUT2D eigenvalue weighted by Crippen LogP contribution is 2.34. The molecule has 2 atom stereocenters. The number of likely N-dealkylation sites (tertiary alicyclic amines) is 1. The Morgan fingerprint density at radius 3 is 2.62 bits per heavy atom. The van der Waals surface area contributed by atoms with Crippen molar-refractivity contribution in [3.8, 4) is 5.75 Å². The van der Waals surface area contributed by atoms with Gasteiger partial charge in [-0.3, -0.25) is 9.69 Å². The van der Waals surface area contributed by atoms with Crippen LogP contribution in [0.3, 0.4) is 0 Å². The average Bonchev–Trinajstić information content (AvgIpc) is 3.08. The first-order chi connectivity index (χ1) is 12.6. The minimum absolute atomic E-state index is 0.00582. The normalized spacial score (nSPS) is 20.2. The van der Waals surface area contributed by atoms with Gasteiger partial charge in [0.25, 0.3) is 0 Å². The van der Waals surface area contributed by atoms with E-state index in [0.717, 1.165) is 16.7 Å². The Morgan fingerprint density at radius 2 is 1.96 bits per heavy atom. The van der Waals surface area contributed by atoms with Crippen molar-refractivity contribution >= 4 is 5.97 Å². The highest BCUT2D eigenvalue weighted by molar-refractivity contribution is 5.72. The van der Waals surface area contributed by atoms with E-state index < -0.39 is 11.9 Å². The molecule has 5 nitrogen and oxygen atoms in total. The molecule has 1 fully saturated rings. The monoisotopic (exact) mass is 355 g/mol. The summed E-state index contributed by atoms with van der Waals surface area (Å²) in [5.41, 5.74) is 2.89. The van der Waals surface area contributed by atoms with Crippen molar-refractivity contribution < 1.29 is 19.7 Å². The maximum atomic E-state index is 11.7. The fourth-order valence-corrected chi connectivity index (χ4v) is 3.71. The van der Waals surface area contributed by atoms with Crippen LogP contribution in [0.4, 0.5) is 0 Å². The Balaban J connectivity index is 1.75. The van der Waals surface area contributed by atoms with E-state index in [-0.39, 0.29) is 12.5 Å². The Labute approximate surface area is 153 Å². The second-order valence-electron chi connectivity index (χ2n) is 6.69. The number of nitrogens with zero attached hydrogens (tertiary/aromatic N) is 1. The topological polar surface area (TPSA) is 70.0 Å². The predicted octanol–water partition coefficient (Wildman–Crippen LogP) is 2.88. The number of aliphatic carboxylic acids is 1. The van der Waals surface area contributed by atoms with Crippen molar-refractivity contribution in [3.05, 3.63) is 65.2 Å². The number of carbonyl (C=O) groups is 1. The minimum atomic E-state index is -0.746. The number of carboxylic acids is 1. The summed E-state index contributed by atoms with van der Waals surface area (Å²) in [6.07, 6.45) is 0. The van der Waals surface area contributed by atoms with E-state index in [1.54, 1.807) is 0 Å². The molecule has 1 aliphatic rings. The van der Waals surface area contributed by atoms with Gasteiger partial charge >= 0.3 is 5.97 Å². The van der Waals surface area contributed by atoms with Crippen molar-refractivity contribution in [1.82, 2.24) is 4.90 Å². The molecule has 1 saturated heterocycles. The standard InChI is InChI=1S/C21H25NO4/c1-2-26-20-9-8-15(10-17(20)14-23)11-22-12-18(19(13-22)21(24)25)16-6-4-3-5-7-16/h3-10,18-19,23H,2,11-14H2,1H3,(H,24,25)/t18-,19+/m0/s1. The molecule has 2 N–H and O–H groups in total. The van der Waals surface area contributed by atoms with Gasteiger partial charge in [-0.05, 0) is 30.2 Å². The molecule has 1 heterocycles. The lowest BCUT2D eigenvalue weighted by Gasteiger charge is -2.17. The van der Waals surface area contributed by atoms with Gasteiger partial charge in [-0.25, -0.2) is 0 Å². The highest BCUT2D eigenvalue weighted by atomic mass is 16.5. The SMILES string of the molecule is CCOc1ccc(CN2C[C@@H](C(=O)O)[C@H](c3ccccc3)C2)cc1CO. The maximum Gasteiger partial charge on any atom is 0.308 e. The smallest absolute Gasteiger partial charge is 0.308 e. The van der Waals surface area contributed by atoms with E-state index in [9.17, 15) is 15.0 Å². The fraction of sp³-hybridized carbons (Fsp3) is 0.381. The number of benzene rings is 2. The van der Waals surface area contributed by atoms with Crippen LogP contribution in [0.15, 0.2) is 48.5 Å². The van der Waals surface area contributed by atoms with Gasteiger partial charge in [0, 0.05) is 31.1 Å². The molecule has 0 spiro atoms. The first-order valence-electron chi connectivity index (χ1n) is 8.98. The third-order valence-corrected chi connectivity index (χ3v) is 4.94. The molecular formula is C21H25NO4. The lowest BCUT2D eigenvalue weighted by molar-refractivity contribution is -0.141. The van der Waals surface area contributed by atoms with Crippen molar-refractivity contribution in [2.45, 2.75) is 26.0 Å². The second kappa shape index (κ2) is 8.34. The van der Waals surface area contributed by atoms with E-state index in [2.05, 4.69) is 4.90 Å². The zero-order valence-electron chi connectivity index (χ0n) is 15.0. The van der Waals surface area contributed by atoms with Crippen molar-refractivity contribution in [1.29, 1.82) is 0 Å². The van der Waals surface area contributed by atoms with Gasteiger partial charge < -0.3 is 14.9 Å². The Hall–Kier alpha value is -2.37. The average molecular weight is 355 g/mol. The van der Waals surface area contributed by atoms with E-state index in [0.29, 0.717) is 32.0 Å². The third kappa shape index (κ3) is 4.06. The Morgan fingerprint density at radius 1 is 1.19 bits per heavy atom. The van der Waals surface area contributed by atoms with Gasteiger partial charge in [-0.15, -0.1) is 0 Å². The van der Waals surface area contributed by atoms with E-state index in [1.165, 1.54) is 0 Å². The van der Waals surface area contributed by atoms with Crippen LogP contribution in [-0.2, 0) is 17.9 Å². The number of rotatable bonds is 7. The molecule has 2 aromatic carbocycles. The molecule has 3 rings (SSSR count). The number of hydrogen-bond acceptors (Lipinski definition) is 4. The van der Waals surface area contributed by atoms with Crippen molar-refractivity contribution in [2.75, 3.05) is 19.7 Å². The highest BCUT2D eigenvalue weighted by Gasteiger charge is 2.38. The minimum Gasteiger partial charge on any atom is -0.494 e. The number of aliphatic hydroxyl groups is 1. The molecule has 0 bridgehead atoms. The third-order valence-electron chi connectivity index (χ3n) is 4.94. The molecule has 1 aliphatic heterocycles. The molecular weight excluding hydrogens is 330 g/mol. The van der Waals surface area contributed by atoms with Crippen molar-refractivity contribution in [3.63, 3.8) is 0 Å². The van der Waals surface area contributed by atoms with E-state index in [4.69, 9.17) is 4.74 Å². The van der Waals surface area contributed by atoms with Gasteiger partial charge in [-0.2, -0.15) is 0 Å². The van der Waals surface area contributed by atoms with Gasteiger partial charge in [0.05, 0.1) is 19.1 Å². The molecule has 0 unspecified atom stereocenters. The van der Waals surface area contributed by atoms with Crippen LogP contribution in [-0.4, -0.2) is 40.8 Å². The zero-order valence-corrected chi connectivity index (χ0v) is 15.0. The van der Waals surface area contributed by atoms with Crippen molar-refractivity contribution in [2.24, 2.45) is 5.92 Å². The van der Waals surface area contributed by atoms with Gasteiger partial charge in [-0.1, -0.05) is 36.4 Å². The maximum absolute atomic E-state index is 11.7. The first-order valence-corrected chi connectivity index (χ1v) is 8.98. The zero-order chi connectivity index (χ0) is 18.5. The number of carboxylic acid groups (broad SMARTS) is 1. The molecule has 0 saturated carbocycles. The number of hydrogen-bond donors (Lipinski definition) is 2. The molecule has 2 aromatic rings. The van der Waals surface area contributed by atoms with Crippen LogP contribution in [0, 0.1) is 5.92 Å². The lowest BCUT2D eigenvalue weighted by Crippen LogP contribution is -2.23. The van der Waals surface area contributed by atoms with Crippen LogP contribution < -0.4 is 4.74 Å². The molecule has 5 heteroatoms. The van der Waals surface area contributed by atoms with Crippen LogP contribution in [0.5, 0.6) is 5.75 Å². The summed E-state index contributed by atoms with van der Waals surface area (Å²) < 4.78 is 5.52. The molecule has 0 amide bonds. The fourth-order valence-electron chi connectivity index (χ4n) is 3.71. The summed E-state index contributed by atoms with van der Waals surface area (Å²) >= 11 is 0. The lowest BCUT2D eigenvalue weighted by atomic mass is 9.89. The van der Waals surface area contributed by atoms with Gasteiger partial charge in [0.1, 0.15) is 5.75 Å². The summed E-state index contributed by atoms with van der Waals surface area (Å²) in [4.78, 5) is 13.9.